The van der Waals surface area contributed by atoms with E-state index >= 15 is 0 Å². The Kier molecular flexibility index (Phi) is 1.87. The van der Waals surface area contributed by atoms with Gasteiger partial charge in [0.05, 0.1) is 11.2 Å². The molecule has 2 aromatic rings. The van der Waals surface area contributed by atoms with Gasteiger partial charge in [-0.25, -0.2) is 0 Å². The summed E-state index contributed by atoms with van der Waals surface area (Å²) in [5.41, 5.74) is 5.41. The van der Waals surface area contributed by atoms with Crippen LogP contribution in [0, 0.1) is 6.92 Å². The van der Waals surface area contributed by atoms with Gasteiger partial charge in [-0.2, -0.15) is 0 Å². The number of hydrogen-bond acceptors (Lipinski definition) is 3. The summed E-state index contributed by atoms with van der Waals surface area (Å²) in [4.78, 5) is 4.40. The first-order valence-corrected chi connectivity index (χ1v) is 4.14. The van der Waals surface area contributed by atoms with E-state index in [9.17, 15) is 0 Å². The van der Waals surface area contributed by atoms with Crippen LogP contribution in [0.3, 0.4) is 0 Å². The molecule has 0 fully saturated rings. The minimum absolute atomic E-state index is 0.862. The molecule has 0 unspecified atom stereocenters. The lowest BCUT2D eigenvalue weighted by Crippen LogP contribution is -2.07. The van der Waals surface area contributed by atoms with Crippen LogP contribution in [0.5, 0.6) is 0 Å². The van der Waals surface area contributed by atoms with E-state index in [1.807, 2.05) is 37.3 Å². The van der Waals surface area contributed by atoms with Crippen LogP contribution in [0.25, 0.3) is 10.9 Å². The number of fused-ring (bicyclic) bond motifs is 1. The molecule has 0 radical (unpaired) electrons. The van der Waals surface area contributed by atoms with E-state index in [-0.39, 0.29) is 0 Å². The van der Waals surface area contributed by atoms with Crippen molar-refractivity contribution in [3.05, 3.63) is 36.0 Å². The summed E-state index contributed by atoms with van der Waals surface area (Å²) in [5.74, 6) is 5.38. The third-order valence-electron chi connectivity index (χ3n) is 2.01. The molecule has 0 aliphatic rings. The van der Waals surface area contributed by atoms with E-state index in [0.29, 0.717) is 0 Å². The quantitative estimate of drug-likeness (QED) is 0.511. The van der Waals surface area contributed by atoms with Gasteiger partial charge in [-0.3, -0.25) is 10.8 Å². The van der Waals surface area contributed by atoms with Crippen molar-refractivity contribution in [3.8, 4) is 0 Å². The Morgan fingerprint density at radius 2 is 2.08 bits per heavy atom. The largest absolute Gasteiger partial charge is 0.322 e. The average molecular weight is 173 g/mol. The molecular weight excluding hydrogens is 162 g/mol. The van der Waals surface area contributed by atoms with Crippen molar-refractivity contribution in [1.29, 1.82) is 0 Å². The maximum Gasteiger partial charge on any atom is 0.0949 e. The summed E-state index contributed by atoms with van der Waals surface area (Å²) in [6.45, 7) is 1.97. The number of hydrazine groups is 1. The average Bonchev–Trinajstić information content (AvgIpc) is 2.17. The summed E-state index contributed by atoms with van der Waals surface area (Å²) in [5, 5.41) is 1.10. The van der Waals surface area contributed by atoms with Crippen LogP contribution in [0.1, 0.15) is 5.69 Å². The molecule has 0 saturated carbocycles. The van der Waals surface area contributed by atoms with Gasteiger partial charge in [0, 0.05) is 11.1 Å². The lowest BCUT2D eigenvalue weighted by atomic mass is 10.2. The van der Waals surface area contributed by atoms with Gasteiger partial charge in [-0.15, -0.1) is 0 Å². The second-order valence-electron chi connectivity index (χ2n) is 2.97. The molecule has 2 rings (SSSR count). The molecule has 3 nitrogen and oxygen atoms in total. The summed E-state index contributed by atoms with van der Waals surface area (Å²) in [7, 11) is 0. The van der Waals surface area contributed by atoms with Crippen LogP contribution in [0.2, 0.25) is 0 Å². The highest BCUT2D eigenvalue weighted by molar-refractivity contribution is 5.90. The SMILES string of the molecule is Cc1ccc2cccc(NN)c2n1. The van der Waals surface area contributed by atoms with E-state index in [4.69, 9.17) is 5.84 Å². The smallest absolute Gasteiger partial charge is 0.0949 e. The van der Waals surface area contributed by atoms with Crippen molar-refractivity contribution in [2.24, 2.45) is 5.84 Å². The standard InChI is InChI=1S/C10H11N3/c1-7-5-6-8-3-2-4-9(13-11)10(8)12-7/h2-6,13H,11H2,1H3. The fourth-order valence-electron chi connectivity index (χ4n) is 1.36. The predicted octanol–water partition coefficient (Wildman–Crippen LogP) is 1.83. The summed E-state index contributed by atoms with van der Waals surface area (Å²) in [6, 6.07) is 9.91. The lowest BCUT2D eigenvalue weighted by Gasteiger charge is -2.04. The second-order valence-corrected chi connectivity index (χ2v) is 2.97. The maximum absolute atomic E-state index is 5.38. The number of hydrogen-bond donors (Lipinski definition) is 2. The number of pyridine rings is 1. The number of nitrogens with one attached hydrogen (secondary N) is 1. The normalized spacial score (nSPS) is 10.3. The molecule has 0 aliphatic carbocycles. The first-order valence-electron chi connectivity index (χ1n) is 4.14. The zero-order valence-electron chi connectivity index (χ0n) is 7.41. The predicted molar refractivity (Wildman–Crippen MR) is 54.3 cm³/mol. The monoisotopic (exact) mass is 173 g/mol. The molecule has 0 spiro atoms. The topological polar surface area (TPSA) is 50.9 Å². The van der Waals surface area contributed by atoms with Crippen LogP contribution in [0.15, 0.2) is 30.3 Å². The Labute approximate surface area is 76.6 Å². The number of aromatic nitrogens is 1. The van der Waals surface area contributed by atoms with E-state index in [1.165, 1.54) is 0 Å². The molecular formula is C10H11N3. The van der Waals surface area contributed by atoms with Gasteiger partial charge >= 0.3 is 0 Å². The van der Waals surface area contributed by atoms with Crippen molar-refractivity contribution >= 4 is 16.6 Å². The number of nitrogens with zero attached hydrogens (tertiary/aromatic N) is 1. The molecule has 66 valence electrons. The molecule has 1 aromatic heterocycles. The zero-order valence-corrected chi connectivity index (χ0v) is 7.41. The number of rotatable bonds is 1. The molecule has 1 heterocycles. The van der Waals surface area contributed by atoms with Gasteiger partial charge in [-0.1, -0.05) is 18.2 Å². The summed E-state index contributed by atoms with van der Waals surface area (Å²) < 4.78 is 0. The van der Waals surface area contributed by atoms with Gasteiger partial charge in [0.2, 0.25) is 0 Å². The molecule has 0 atom stereocenters. The number of aryl methyl sites for hydroxylation is 1. The molecule has 0 amide bonds. The van der Waals surface area contributed by atoms with Gasteiger partial charge in [0.15, 0.2) is 0 Å². The Bertz CT molecular complexity index is 437. The van der Waals surface area contributed by atoms with Gasteiger partial charge < -0.3 is 5.43 Å². The van der Waals surface area contributed by atoms with E-state index in [0.717, 1.165) is 22.3 Å². The lowest BCUT2D eigenvalue weighted by molar-refractivity contribution is 1.24. The van der Waals surface area contributed by atoms with Gasteiger partial charge in [0.25, 0.3) is 0 Å². The Morgan fingerprint density at radius 1 is 1.23 bits per heavy atom. The van der Waals surface area contributed by atoms with Crippen molar-refractivity contribution < 1.29 is 0 Å². The van der Waals surface area contributed by atoms with Crippen molar-refractivity contribution in [1.82, 2.24) is 4.98 Å². The maximum atomic E-state index is 5.38. The van der Waals surface area contributed by atoms with E-state index in [1.54, 1.807) is 0 Å². The van der Waals surface area contributed by atoms with Gasteiger partial charge in [-0.05, 0) is 19.1 Å². The zero-order chi connectivity index (χ0) is 9.26. The van der Waals surface area contributed by atoms with Crippen molar-refractivity contribution in [2.75, 3.05) is 5.43 Å². The van der Waals surface area contributed by atoms with Crippen molar-refractivity contribution in [3.63, 3.8) is 0 Å². The molecule has 3 N–H and O–H groups in total. The fourth-order valence-corrected chi connectivity index (χ4v) is 1.36. The van der Waals surface area contributed by atoms with Crippen LogP contribution >= 0.6 is 0 Å². The number of para-hydroxylation sites is 1. The highest BCUT2D eigenvalue weighted by Gasteiger charge is 1.99. The van der Waals surface area contributed by atoms with Crippen LogP contribution in [-0.4, -0.2) is 4.98 Å². The Balaban J connectivity index is 2.79. The minimum Gasteiger partial charge on any atom is -0.322 e. The second kappa shape index (κ2) is 3.03. The molecule has 0 aliphatic heterocycles. The number of anilines is 1. The Hall–Kier alpha value is -1.61. The first-order chi connectivity index (χ1) is 6.31. The molecule has 1 aromatic carbocycles. The number of nitrogen functional groups attached to an aromatic ring is 1. The number of benzene rings is 1. The van der Waals surface area contributed by atoms with Gasteiger partial charge in [0.1, 0.15) is 0 Å². The van der Waals surface area contributed by atoms with Crippen LogP contribution in [-0.2, 0) is 0 Å². The fraction of sp³-hybridized carbons (Fsp3) is 0.100. The van der Waals surface area contributed by atoms with Crippen LogP contribution in [0.4, 0.5) is 5.69 Å². The van der Waals surface area contributed by atoms with Crippen molar-refractivity contribution in [2.45, 2.75) is 6.92 Å². The summed E-state index contributed by atoms with van der Waals surface area (Å²) >= 11 is 0. The minimum atomic E-state index is 0.862. The summed E-state index contributed by atoms with van der Waals surface area (Å²) in [6.07, 6.45) is 0. The third kappa shape index (κ3) is 1.34. The van der Waals surface area contributed by atoms with Crippen LogP contribution < -0.4 is 11.3 Å². The Morgan fingerprint density at radius 3 is 2.85 bits per heavy atom. The molecule has 0 saturated heterocycles. The van der Waals surface area contributed by atoms with E-state index < -0.39 is 0 Å². The molecule has 0 bridgehead atoms. The molecule has 13 heavy (non-hydrogen) atoms. The molecule has 3 heteroatoms. The third-order valence-corrected chi connectivity index (χ3v) is 2.01. The highest BCUT2D eigenvalue weighted by Crippen LogP contribution is 2.20. The van der Waals surface area contributed by atoms with E-state index in [2.05, 4.69) is 10.4 Å². The number of nitrogens with two attached hydrogens (primary N) is 1. The highest BCUT2D eigenvalue weighted by atomic mass is 15.2. The first kappa shape index (κ1) is 8.01.